The molecule has 2 aliphatic carbocycles. The molecule has 194 valence electrons. The van der Waals surface area contributed by atoms with Crippen molar-refractivity contribution < 1.29 is 18.8 Å². The molecule has 1 atom stereocenters. The molecule has 7 rings (SSSR count). The van der Waals surface area contributed by atoms with Gasteiger partial charge in [0.2, 0.25) is 11.8 Å². The van der Waals surface area contributed by atoms with Gasteiger partial charge < -0.3 is 19.9 Å². The second-order valence-electron chi connectivity index (χ2n) is 10.6. The van der Waals surface area contributed by atoms with E-state index in [9.17, 15) is 9.59 Å². The van der Waals surface area contributed by atoms with E-state index in [1.54, 1.807) is 18.3 Å². The number of anilines is 1. The Labute approximate surface area is 217 Å². The highest BCUT2D eigenvalue weighted by Gasteiger charge is 2.49. The van der Waals surface area contributed by atoms with Crippen molar-refractivity contribution >= 4 is 28.7 Å². The van der Waals surface area contributed by atoms with Crippen LogP contribution in [0.2, 0.25) is 0 Å². The zero-order valence-corrected chi connectivity index (χ0v) is 20.9. The van der Waals surface area contributed by atoms with Crippen LogP contribution in [0.1, 0.15) is 55.5 Å². The van der Waals surface area contributed by atoms with Crippen LogP contribution in [0, 0.1) is 0 Å². The molecule has 2 fully saturated rings. The first kappa shape index (κ1) is 22.9. The molecule has 2 saturated carbocycles. The number of nitrogens with two attached hydrogens (primary N) is 1. The van der Waals surface area contributed by atoms with Crippen LogP contribution < -0.4 is 15.8 Å². The van der Waals surface area contributed by atoms with Crippen LogP contribution in [0.15, 0.2) is 47.4 Å². The molecule has 1 unspecified atom stereocenters. The lowest BCUT2D eigenvalue weighted by Gasteiger charge is -2.36. The molecule has 1 aliphatic heterocycles. The second-order valence-corrected chi connectivity index (χ2v) is 10.6. The van der Waals surface area contributed by atoms with Crippen molar-refractivity contribution in [3.63, 3.8) is 0 Å². The van der Waals surface area contributed by atoms with Crippen molar-refractivity contribution in [3.8, 4) is 11.6 Å². The number of ether oxygens (including phenoxy) is 1. The van der Waals surface area contributed by atoms with Gasteiger partial charge in [-0.15, -0.1) is 0 Å². The number of benzene rings is 1. The Bertz CT molecular complexity index is 1580. The number of nitrogens with zero attached hydrogens (tertiary/aromatic N) is 5. The van der Waals surface area contributed by atoms with E-state index < -0.39 is 5.54 Å². The van der Waals surface area contributed by atoms with Gasteiger partial charge in [-0.1, -0.05) is 5.16 Å². The summed E-state index contributed by atoms with van der Waals surface area (Å²) in [5.41, 5.74) is 7.84. The van der Waals surface area contributed by atoms with Gasteiger partial charge in [-0.25, -0.2) is 14.8 Å². The van der Waals surface area contributed by atoms with E-state index in [0.717, 1.165) is 53.6 Å². The van der Waals surface area contributed by atoms with Crippen LogP contribution in [0.3, 0.4) is 0 Å². The molecule has 0 spiro atoms. The molecule has 0 radical (unpaired) electrons. The maximum atomic E-state index is 12.9. The Morgan fingerprint density at radius 2 is 2.03 bits per heavy atom. The number of aromatic nitrogens is 4. The number of fused-ring (bicyclic) bond motifs is 2. The molecule has 3 N–H and O–H groups in total. The van der Waals surface area contributed by atoms with Gasteiger partial charge in [0.15, 0.2) is 5.82 Å². The topological polar surface area (TPSA) is 141 Å². The van der Waals surface area contributed by atoms with Crippen molar-refractivity contribution in [1.29, 1.82) is 0 Å². The largest absolute Gasteiger partial charge is 0.439 e. The van der Waals surface area contributed by atoms with Crippen LogP contribution in [0.4, 0.5) is 10.6 Å². The highest BCUT2D eigenvalue weighted by Crippen LogP contribution is 2.41. The summed E-state index contributed by atoms with van der Waals surface area (Å²) in [7, 11) is 0. The third-order valence-corrected chi connectivity index (χ3v) is 7.66. The second kappa shape index (κ2) is 8.38. The van der Waals surface area contributed by atoms with E-state index in [4.69, 9.17) is 15.0 Å². The standard InChI is InChI=1S/C27H27N7O4/c1-15-10-19-20(13-34(15)25(35)27(28)7-8-27)29-14-30-24(19)37-18-4-5-21-17(11-18)6-9-33(21)26(36)31-23-12-22(38-32-23)16-2-3-16/h4-6,9,11-12,14-16H,2-3,7-8,10,13,28H2,1H3,(H,31,32,36). The summed E-state index contributed by atoms with van der Waals surface area (Å²) in [6.45, 7) is 2.40. The quantitative estimate of drug-likeness (QED) is 0.409. The van der Waals surface area contributed by atoms with Crippen LogP contribution in [0.5, 0.6) is 11.6 Å². The molecule has 38 heavy (non-hydrogen) atoms. The first-order valence-corrected chi connectivity index (χ1v) is 12.9. The highest BCUT2D eigenvalue weighted by atomic mass is 16.5. The van der Waals surface area contributed by atoms with Crippen LogP contribution in [-0.2, 0) is 17.8 Å². The minimum absolute atomic E-state index is 0.0114. The summed E-state index contributed by atoms with van der Waals surface area (Å²) >= 11 is 0. The van der Waals surface area contributed by atoms with Gasteiger partial charge in [-0.3, -0.25) is 14.7 Å². The predicted molar refractivity (Wildman–Crippen MR) is 137 cm³/mol. The van der Waals surface area contributed by atoms with Gasteiger partial charge in [-0.2, -0.15) is 0 Å². The average molecular weight is 514 g/mol. The molecule has 4 heterocycles. The lowest BCUT2D eigenvalue weighted by molar-refractivity contribution is -0.136. The average Bonchev–Trinajstić information content (AvgIpc) is 3.81. The van der Waals surface area contributed by atoms with E-state index in [2.05, 4.69) is 20.4 Å². The lowest BCUT2D eigenvalue weighted by atomic mass is 9.98. The van der Waals surface area contributed by atoms with E-state index in [0.29, 0.717) is 36.3 Å². The number of carbonyl (C=O) groups excluding carboxylic acids is 2. The van der Waals surface area contributed by atoms with Gasteiger partial charge in [0.1, 0.15) is 17.8 Å². The molecule has 4 aromatic rings. The maximum absolute atomic E-state index is 12.9. The minimum atomic E-state index is -0.713. The van der Waals surface area contributed by atoms with Crippen molar-refractivity contribution in [2.24, 2.45) is 5.73 Å². The molecule has 11 heteroatoms. The molecule has 3 aromatic heterocycles. The molecular weight excluding hydrogens is 486 g/mol. The van der Waals surface area contributed by atoms with Crippen molar-refractivity contribution in [3.05, 3.63) is 59.9 Å². The monoisotopic (exact) mass is 513 g/mol. The number of nitrogens with one attached hydrogen (secondary N) is 1. The normalized spacial score (nSPS) is 19.7. The number of hydrogen-bond donors (Lipinski definition) is 2. The van der Waals surface area contributed by atoms with E-state index in [-0.39, 0.29) is 18.0 Å². The fourth-order valence-electron chi connectivity index (χ4n) is 5.04. The summed E-state index contributed by atoms with van der Waals surface area (Å²) in [4.78, 5) is 36.4. The fraction of sp³-hybridized carbons (Fsp3) is 0.370. The first-order valence-electron chi connectivity index (χ1n) is 12.9. The SMILES string of the molecule is CC1Cc2c(ncnc2Oc2ccc3c(ccn3C(=O)Nc3cc(C4CC4)on3)c2)CN1C(=O)C1(N)CC1. The maximum Gasteiger partial charge on any atom is 0.331 e. The minimum Gasteiger partial charge on any atom is -0.439 e. The number of carbonyl (C=O) groups is 2. The zero-order valence-electron chi connectivity index (χ0n) is 20.9. The Morgan fingerprint density at radius 1 is 1.18 bits per heavy atom. The fourth-order valence-corrected chi connectivity index (χ4v) is 5.04. The molecule has 0 bridgehead atoms. The Hall–Kier alpha value is -4.25. The van der Waals surface area contributed by atoms with Gasteiger partial charge in [0.05, 0.1) is 23.3 Å². The van der Waals surface area contributed by atoms with Crippen LogP contribution in [0.25, 0.3) is 10.9 Å². The predicted octanol–water partition coefficient (Wildman–Crippen LogP) is 3.93. The number of hydrogen-bond acceptors (Lipinski definition) is 8. The van der Waals surface area contributed by atoms with Gasteiger partial charge >= 0.3 is 6.03 Å². The molecule has 1 aromatic carbocycles. The van der Waals surface area contributed by atoms with Crippen LogP contribution >= 0.6 is 0 Å². The van der Waals surface area contributed by atoms with E-state index in [1.807, 2.05) is 30.0 Å². The summed E-state index contributed by atoms with van der Waals surface area (Å²) in [6, 6.07) is 8.76. The number of rotatable bonds is 5. The molecule has 2 amide bonds. The molecule has 0 saturated heterocycles. The highest BCUT2D eigenvalue weighted by molar-refractivity contribution is 5.98. The Balaban J connectivity index is 1.09. The van der Waals surface area contributed by atoms with Crippen molar-refractivity contribution in [2.45, 2.75) is 63.1 Å². The first-order chi connectivity index (χ1) is 18.4. The molecule has 11 nitrogen and oxygen atoms in total. The Kier molecular flexibility index (Phi) is 5.05. The molecular formula is C27H27N7O4. The zero-order chi connectivity index (χ0) is 26.0. The van der Waals surface area contributed by atoms with Gasteiger partial charge in [0, 0.05) is 35.2 Å². The van der Waals surface area contributed by atoms with Crippen molar-refractivity contribution in [1.82, 2.24) is 24.6 Å². The van der Waals surface area contributed by atoms with E-state index in [1.165, 1.54) is 10.9 Å². The summed E-state index contributed by atoms with van der Waals surface area (Å²) in [5, 5.41) is 7.59. The van der Waals surface area contributed by atoms with Crippen molar-refractivity contribution in [2.75, 3.05) is 5.32 Å². The number of amides is 2. The van der Waals surface area contributed by atoms with E-state index >= 15 is 0 Å². The van der Waals surface area contributed by atoms with Crippen LogP contribution in [-0.4, -0.2) is 48.1 Å². The summed E-state index contributed by atoms with van der Waals surface area (Å²) in [5.74, 6) is 2.68. The summed E-state index contributed by atoms with van der Waals surface area (Å²) < 4.78 is 13.0. The Morgan fingerprint density at radius 3 is 2.82 bits per heavy atom. The third-order valence-electron chi connectivity index (χ3n) is 7.66. The van der Waals surface area contributed by atoms with Gasteiger partial charge in [-0.05, 0) is 63.3 Å². The summed E-state index contributed by atoms with van der Waals surface area (Å²) in [6.07, 6.45) is 7.39. The lowest BCUT2D eigenvalue weighted by Crippen LogP contribution is -2.51. The third kappa shape index (κ3) is 3.99. The smallest absolute Gasteiger partial charge is 0.331 e. The van der Waals surface area contributed by atoms with Gasteiger partial charge in [0.25, 0.3) is 0 Å². The molecule has 3 aliphatic rings.